The highest BCUT2D eigenvalue weighted by atomic mass is 16.1. The number of carbonyl (C=O) groups excluding carboxylic acids is 1. The minimum absolute atomic E-state index is 0.181. The zero-order valence-electron chi connectivity index (χ0n) is 8.60. The van der Waals surface area contributed by atoms with Gasteiger partial charge in [0.15, 0.2) is 0 Å². The molecular weight excluding hydrogens is 164 g/mol. The van der Waals surface area contributed by atoms with E-state index in [1.807, 2.05) is 6.92 Å². The molecular formula is C10H20N2O. The molecule has 13 heavy (non-hydrogen) atoms. The lowest BCUT2D eigenvalue weighted by atomic mass is 10.2. The van der Waals surface area contributed by atoms with Gasteiger partial charge in [-0.2, -0.15) is 0 Å². The minimum Gasteiger partial charge on any atom is -0.356 e. The first-order valence-corrected chi connectivity index (χ1v) is 5.22. The third-order valence-electron chi connectivity index (χ3n) is 2.33. The molecule has 1 fully saturated rings. The van der Waals surface area contributed by atoms with Gasteiger partial charge in [-0.15, -0.1) is 0 Å². The van der Waals surface area contributed by atoms with Crippen LogP contribution >= 0.6 is 0 Å². The predicted octanol–water partition coefficient (Wildman–Crippen LogP) is 0.901. The van der Waals surface area contributed by atoms with E-state index in [1.165, 1.54) is 12.8 Å². The van der Waals surface area contributed by atoms with Crippen LogP contribution in [-0.4, -0.2) is 25.0 Å². The lowest BCUT2D eigenvalue weighted by Gasteiger charge is -2.11. The Morgan fingerprint density at radius 3 is 2.77 bits per heavy atom. The first-order valence-electron chi connectivity index (χ1n) is 5.22. The Hall–Kier alpha value is -0.570. The van der Waals surface area contributed by atoms with Crippen molar-refractivity contribution in [2.75, 3.05) is 13.1 Å². The molecule has 0 heterocycles. The van der Waals surface area contributed by atoms with E-state index in [0.29, 0.717) is 12.5 Å². The zero-order chi connectivity index (χ0) is 9.68. The van der Waals surface area contributed by atoms with Gasteiger partial charge in [-0.25, -0.2) is 0 Å². The number of amides is 1. The summed E-state index contributed by atoms with van der Waals surface area (Å²) in [5.74, 6) is 0.957. The summed E-state index contributed by atoms with van der Waals surface area (Å²) in [5.41, 5.74) is 0. The Balaban J connectivity index is 2.01. The average Bonchev–Trinajstić information content (AvgIpc) is 2.84. The van der Waals surface area contributed by atoms with Crippen LogP contribution in [0.3, 0.4) is 0 Å². The quantitative estimate of drug-likeness (QED) is 0.644. The van der Waals surface area contributed by atoms with Crippen molar-refractivity contribution >= 4 is 5.91 Å². The Morgan fingerprint density at radius 1 is 1.54 bits per heavy atom. The number of hydrogen-bond acceptors (Lipinski definition) is 2. The summed E-state index contributed by atoms with van der Waals surface area (Å²) < 4.78 is 0. The van der Waals surface area contributed by atoms with Gasteiger partial charge in [-0.3, -0.25) is 4.79 Å². The van der Waals surface area contributed by atoms with E-state index in [4.69, 9.17) is 0 Å². The molecule has 0 aliphatic heterocycles. The van der Waals surface area contributed by atoms with Gasteiger partial charge in [0.05, 0.1) is 0 Å². The van der Waals surface area contributed by atoms with Crippen LogP contribution in [0, 0.1) is 5.92 Å². The van der Waals surface area contributed by atoms with Gasteiger partial charge in [-0.05, 0) is 32.2 Å². The van der Waals surface area contributed by atoms with Gasteiger partial charge in [0, 0.05) is 19.0 Å². The predicted molar refractivity (Wildman–Crippen MR) is 53.5 cm³/mol. The molecule has 0 radical (unpaired) electrons. The number of rotatable bonds is 6. The monoisotopic (exact) mass is 184 g/mol. The van der Waals surface area contributed by atoms with E-state index in [1.54, 1.807) is 0 Å². The van der Waals surface area contributed by atoms with Crippen molar-refractivity contribution in [2.45, 2.75) is 39.2 Å². The van der Waals surface area contributed by atoms with Gasteiger partial charge < -0.3 is 10.6 Å². The summed E-state index contributed by atoms with van der Waals surface area (Å²) >= 11 is 0. The van der Waals surface area contributed by atoms with Crippen LogP contribution in [0.2, 0.25) is 0 Å². The molecule has 0 aromatic rings. The topological polar surface area (TPSA) is 41.1 Å². The lowest BCUT2D eigenvalue weighted by molar-refractivity contribution is -0.121. The van der Waals surface area contributed by atoms with Gasteiger partial charge in [0.2, 0.25) is 5.91 Å². The summed E-state index contributed by atoms with van der Waals surface area (Å²) in [6.07, 6.45) is 3.19. The molecule has 0 aromatic carbocycles. The van der Waals surface area contributed by atoms with Crippen LogP contribution in [0.4, 0.5) is 0 Å². The summed E-state index contributed by atoms with van der Waals surface area (Å²) in [4.78, 5) is 11.3. The van der Waals surface area contributed by atoms with Crippen molar-refractivity contribution in [3.05, 3.63) is 0 Å². The van der Waals surface area contributed by atoms with Gasteiger partial charge in [0.25, 0.3) is 0 Å². The van der Waals surface area contributed by atoms with Crippen molar-refractivity contribution in [1.82, 2.24) is 10.6 Å². The molecule has 0 spiro atoms. The highest BCUT2D eigenvalue weighted by Crippen LogP contribution is 2.27. The molecule has 1 amide bonds. The van der Waals surface area contributed by atoms with Crippen molar-refractivity contribution in [3.8, 4) is 0 Å². The molecule has 3 heteroatoms. The highest BCUT2D eigenvalue weighted by molar-refractivity contribution is 5.76. The van der Waals surface area contributed by atoms with E-state index in [2.05, 4.69) is 17.6 Å². The van der Waals surface area contributed by atoms with E-state index >= 15 is 0 Å². The molecule has 1 rings (SSSR count). The Kier molecular flexibility index (Phi) is 4.22. The van der Waals surface area contributed by atoms with E-state index in [-0.39, 0.29) is 5.91 Å². The van der Waals surface area contributed by atoms with Crippen molar-refractivity contribution in [3.63, 3.8) is 0 Å². The zero-order valence-corrected chi connectivity index (χ0v) is 8.60. The maximum atomic E-state index is 11.3. The van der Waals surface area contributed by atoms with Crippen LogP contribution in [-0.2, 0) is 4.79 Å². The summed E-state index contributed by atoms with van der Waals surface area (Å²) in [6, 6.07) is 0.296. The van der Waals surface area contributed by atoms with Crippen LogP contribution in [0.5, 0.6) is 0 Å². The maximum absolute atomic E-state index is 11.3. The van der Waals surface area contributed by atoms with E-state index in [9.17, 15) is 4.79 Å². The average molecular weight is 184 g/mol. The number of hydrogen-bond donors (Lipinski definition) is 2. The fraction of sp³-hybridized carbons (Fsp3) is 0.900. The van der Waals surface area contributed by atoms with Gasteiger partial charge >= 0.3 is 0 Å². The fourth-order valence-electron chi connectivity index (χ4n) is 1.35. The molecule has 0 bridgehead atoms. The summed E-state index contributed by atoms with van der Waals surface area (Å²) in [5, 5.41) is 6.17. The lowest BCUT2D eigenvalue weighted by Crippen LogP contribution is -2.34. The SMILES string of the molecule is CCNC(C)CC(=O)NCC1CC1. The first kappa shape index (κ1) is 10.5. The van der Waals surface area contributed by atoms with Crippen LogP contribution in [0.15, 0.2) is 0 Å². The number of nitrogens with one attached hydrogen (secondary N) is 2. The third kappa shape index (κ3) is 4.88. The van der Waals surface area contributed by atoms with Crippen molar-refractivity contribution in [1.29, 1.82) is 0 Å². The molecule has 3 nitrogen and oxygen atoms in total. The van der Waals surface area contributed by atoms with E-state index < -0.39 is 0 Å². The maximum Gasteiger partial charge on any atom is 0.221 e. The number of carbonyl (C=O) groups is 1. The molecule has 1 aliphatic carbocycles. The molecule has 1 atom stereocenters. The normalized spacial score (nSPS) is 18.3. The Morgan fingerprint density at radius 2 is 2.23 bits per heavy atom. The molecule has 1 unspecified atom stereocenters. The largest absolute Gasteiger partial charge is 0.356 e. The van der Waals surface area contributed by atoms with Crippen molar-refractivity contribution in [2.24, 2.45) is 5.92 Å². The standard InChI is InChI=1S/C10H20N2O/c1-3-11-8(2)6-10(13)12-7-9-4-5-9/h8-9,11H,3-7H2,1-2H3,(H,12,13). The molecule has 0 aromatic heterocycles. The highest BCUT2D eigenvalue weighted by Gasteiger charge is 2.21. The second-order valence-electron chi connectivity index (χ2n) is 3.91. The second-order valence-corrected chi connectivity index (χ2v) is 3.91. The fourth-order valence-corrected chi connectivity index (χ4v) is 1.35. The molecule has 2 N–H and O–H groups in total. The molecule has 1 aliphatic rings. The third-order valence-corrected chi connectivity index (χ3v) is 2.33. The molecule has 76 valence electrons. The summed E-state index contributed by atoms with van der Waals surface area (Å²) in [7, 11) is 0. The van der Waals surface area contributed by atoms with Gasteiger partial charge in [0.1, 0.15) is 0 Å². The van der Waals surface area contributed by atoms with Crippen LogP contribution in [0.1, 0.15) is 33.1 Å². The second kappa shape index (κ2) is 5.22. The summed E-state index contributed by atoms with van der Waals surface area (Å²) in [6.45, 7) is 5.91. The minimum atomic E-state index is 0.181. The smallest absolute Gasteiger partial charge is 0.221 e. The van der Waals surface area contributed by atoms with Crippen molar-refractivity contribution < 1.29 is 4.79 Å². The van der Waals surface area contributed by atoms with Crippen LogP contribution in [0.25, 0.3) is 0 Å². The Bertz CT molecular complexity index is 166. The van der Waals surface area contributed by atoms with Crippen LogP contribution < -0.4 is 10.6 Å². The molecule has 0 saturated heterocycles. The van der Waals surface area contributed by atoms with E-state index in [0.717, 1.165) is 19.0 Å². The Labute approximate surface area is 80.3 Å². The molecule has 1 saturated carbocycles. The van der Waals surface area contributed by atoms with Gasteiger partial charge in [-0.1, -0.05) is 6.92 Å². The first-order chi connectivity index (χ1) is 6.22.